The second-order valence-electron chi connectivity index (χ2n) is 5.25. The predicted octanol–water partition coefficient (Wildman–Crippen LogP) is 1.28. The van der Waals surface area contributed by atoms with Crippen LogP contribution in [0.3, 0.4) is 0 Å². The molecule has 1 aliphatic heterocycles. The summed E-state index contributed by atoms with van der Waals surface area (Å²) >= 11 is 1.39. The van der Waals surface area contributed by atoms with Gasteiger partial charge in [0, 0.05) is 17.5 Å². The van der Waals surface area contributed by atoms with Crippen LogP contribution in [-0.4, -0.2) is 23.0 Å². The second kappa shape index (κ2) is 3.54. The summed E-state index contributed by atoms with van der Waals surface area (Å²) in [6.45, 7) is 0. The van der Waals surface area contributed by atoms with Crippen LogP contribution in [0.2, 0.25) is 0 Å². The van der Waals surface area contributed by atoms with Gasteiger partial charge in [-0.3, -0.25) is 9.59 Å². The van der Waals surface area contributed by atoms with E-state index in [4.69, 9.17) is 4.74 Å². The second-order valence-corrected chi connectivity index (χ2v) is 6.14. The molecule has 18 heavy (non-hydrogen) atoms. The van der Waals surface area contributed by atoms with Gasteiger partial charge in [-0.05, 0) is 18.8 Å². The van der Waals surface area contributed by atoms with E-state index in [0.29, 0.717) is 11.0 Å². The molecule has 2 heterocycles. The maximum Gasteiger partial charge on any atom is 0.310 e. The minimum Gasteiger partial charge on any atom is -0.462 e. The third-order valence-electron chi connectivity index (χ3n) is 4.45. The third-order valence-corrected chi connectivity index (χ3v) is 5.14. The van der Waals surface area contributed by atoms with Crippen LogP contribution >= 0.6 is 11.3 Å². The predicted molar refractivity (Wildman–Crippen MR) is 63.8 cm³/mol. The zero-order valence-corrected chi connectivity index (χ0v) is 10.4. The molecule has 0 radical (unpaired) electrons. The van der Waals surface area contributed by atoms with Crippen molar-refractivity contribution in [1.29, 1.82) is 0 Å². The van der Waals surface area contributed by atoms with Gasteiger partial charge in [0.25, 0.3) is 0 Å². The molecule has 0 spiro atoms. The van der Waals surface area contributed by atoms with E-state index in [2.05, 4.69) is 10.3 Å². The molecule has 6 heteroatoms. The summed E-state index contributed by atoms with van der Waals surface area (Å²) in [5, 5.41) is 5.23. The lowest BCUT2D eigenvalue weighted by molar-refractivity contribution is -0.145. The molecule has 4 rings (SSSR count). The van der Waals surface area contributed by atoms with E-state index in [0.717, 1.165) is 12.8 Å². The molecule has 0 unspecified atom stereocenters. The van der Waals surface area contributed by atoms with Crippen LogP contribution in [0, 0.1) is 23.7 Å². The Labute approximate surface area is 108 Å². The maximum atomic E-state index is 12.3. The lowest BCUT2D eigenvalue weighted by atomic mass is 9.79. The Morgan fingerprint density at radius 1 is 1.50 bits per heavy atom. The summed E-state index contributed by atoms with van der Waals surface area (Å²) in [5.41, 5.74) is 0. The van der Waals surface area contributed by atoms with Crippen molar-refractivity contribution in [3.63, 3.8) is 0 Å². The Morgan fingerprint density at radius 2 is 2.39 bits per heavy atom. The summed E-state index contributed by atoms with van der Waals surface area (Å²) in [4.78, 5) is 28.1. The van der Waals surface area contributed by atoms with Crippen molar-refractivity contribution in [2.24, 2.45) is 23.7 Å². The Balaban J connectivity index is 1.58. The van der Waals surface area contributed by atoms with Crippen molar-refractivity contribution in [2.45, 2.75) is 18.9 Å². The fourth-order valence-corrected chi connectivity index (χ4v) is 4.37. The minimum atomic E-state index is -0.217. The molecule has 0 aromatic carbocycles. The molecule has 5 atom stereocenters. The topological polar surface area (TPSA) is 68.3 Å². The van der Waals surface area contributed by atoms with Gasteiger partial charge in [-0.2, -0.15) is 0 Å². The molecular weight excluding hydrogens is 252 g/mol. The molecule has 1 aromatic rings. The van der Waals surface area contributed by atoms with E-state index >= 15 is 0 Å². The quantitative estimate of drug-likeness (QED) is 0.817. The fraction of sp³-hybridized carbons (Fsp3) is 0.583. The first-order chi connectivity index (χ1) is 8.74. The van der Waals surface area contributed by atoms with Gasteiger partial charge in [-0.25, -0.2) is 4.98 Å². The Hall–Kier alpha value is -1.43. The number of esters is 1. The van der Waals surface area contributed by atoms with Crippen LogP contribution in [0.4, 0.5) is 5.13 Å². The van der Waals surface area contributed by atoms with E-state index in [1.807, 2.05) is 5.38 Å². The van der Waals surface area contributed by atoms with Gasteiger partial charge in [-0.15, -0.1) is 11.3 Å². The number of carbonyl (C=O) groups is 2. The van der Waals surface area contributed by atoms with Crippen molar-refractivity contribution in [1.82, 2.24) is 4.98 Å². The fourth-order valence-electron chi connectivity index (χ4n) is 3.84. The van der Waals surface area contributed by atoms with Gasteiger partial charge >= 0.3 is 5.97 Å². The van der Waals surface area contributed by atoms with Crippen molar-refractivity contribution in [2.75, 3.05) is 5.32 Å². The third kappa shape index (κ3) is 1.29. The first-order valence-corrected chi connectivity index (χ1v) is 7.03. The number of hydrogen-bond acceptors (Lipinski definition) is 5. The van der Waals surface area contributed by atoms with Crippen molar-refractivity contribution in [3.8, 4) is 0 Å². The van der Waals surface area contributed by atoms with Gasteiger partial charge in [-0.1, -0.05) is 0 Å². The van der Waals surface area contributed by atoms with Crippen LogP contribution in [0.5, 0.6) is 0 Å². The number of nitrogens with one attached hydrogen (secondary N) is 1. The van der Waals surface area contributed by atoms with Gasteiger partial charge < -0.3 is 10.1 Å². The largest absolute Gasteiger partial charge is 0.462 e. The molecule has 2 bridgehead atoms. The molecule has 94 valence electrons. The van der Waals surface area contributed by atoms with Crippen LogP contribution in [0.15, 0.2) is 11.6 Å². The normalized spacial score (nSPS) is 40.0. The minimum absolute atomic E-state index is 0.0697. The molecule has 1 amide bonds. The number of anilines is 1. The number of amides is 1. The smallest absolute Gasteiger partial charge is 0.310 e. The molecule has 1 N–H and O–H groups in total. The van der Waals surface area contributed by atoms with E-state index in [1.165, 1.54) is 11.3 Å². The average Bonchev–Trinajstić information content (AvgIpc) is 3.02. The number of carbonyl (C=O) groups excluding carboxylic acids is 2. The van der Waals surface area contributed by atoms with Gasteiger partial charge in [0.1, 0.15) is 6.10 Å². The Bertz CT molecular complexity index is 513. The van der Waals surface area contributed by atoms with Gasteiger partial charge in [0.05, 0.1) is 11.8 Å². The van der Waals surface area contributed by atoms with Crippen LogP contribution in [-0.2, 0) is 14.3 Å². The standard InChI is InChI=1S/C12H12N2O3S/c15-10(14-12-13-1-2-18-12)8-5-3-6-7(4-5)17-11(16)9(6)8/h1-2,5-9H,3-4H2,(H,13,14,15)/t5-,6+,7-,8-,9-/m1/s1. The molecule has 3 aliphatic rings. The molecule has 2 saturated carbocycles. The van der Waals surface area contributed by atoms with E-state index < -0.39 is 0 Å². The summed E-state index contributed by atoms with van der Waals surface area (Å²) in [6.07, 6.45) is 3.54. The van der Waals surface area contributed by atoms with Crippen molar-refractivity contribution in [3.05, 3.63) is 11.6 Å². The van der Waals surface area contributed by atoms with Crippen LogP contribution in [0.25, 0.3) is 0 Å². The highest BCUT2D eigenvalue weighted by molar-refractivity contribution is 7.13. The Morgan fingerprint density at radius 3 is 3.17 bits per heavy atom. The lowest BCUT2D eigenvalue weighted by Gasteiger charge is -2.22. The van der Waals surface area contributed by atoms with E-state index in [9.17, 15) is 9.59 Å². The summed E-state index contributed by atoms with van der Waals surface area (Å²) in [6, 6.07) is 0. The van der Waals surface area contributed by atoms with Crippen LogP contribution < -0.4 is 5.32 Å². The number of rotatable bonds is 2. The number of thiazole rings is 1. The monoisotopic (exact) mass is 264 g/mol. The average molecular weight is 264 g/mol. The number of hydrogen-bond donors (Lipinski definition) is 1. The molecular formula is C12H12N2O3S. The summed E-state index contributed by atoms with van der Waals surface area (Å²) < 4.78 is 5.32. The zero-order valence-electron chi connectivity index (χ0n) is 9.54. The number of fused-ring (bicyclic) bond motifs is 1. The van der Waals surface area contributed by atoms with Crippen LogP contribution in [0.1, 0.15) is 12.8 Å². The zero-order chi connectivity index (χ0) is 12.3. The molecule has 5 nitrogen and oxygen atoms in total. The highest BCUT2D eigenvalue weighted by atomic mass is 32.1. The number of ether oxygens (including phenoxy) is 1. The van der Waals surface area contributed by atoms with Crippen molar-refractivity contribution < 1.29 is 14.3 Å². The molecule has 1 aromatic heterocycles. The van der Waals surface area contributed by atoms with E-state index in [1.54, 1.807) is 6.20 Å². The van der Waals surface area contributed by atoms with Gasteiger partial charge in [0.15, 0.2) is 5.13 Å². The van der Waals surface area contributed by atoms with Gasteiger partial charge in [0.2, 0.25) is 5.91 Å². The Kier molecular flexibility index (Phi) is 2.06. The number of aromatic nitrogens is 1. The highest BCUT2D eigenvalue weighted by Crippen LogP contribution is 2.57. The molecule has 2 aliphatic carbocycles. The highest BCUT2D eigenvalue weighted by Gasteiger charge is 2.63. The van der Waals surface area contributed by atoms with Crippen molar-refractivity contribution >= 4 is 28.3 Å². The maximum absolute atomic E-state index is 12.3. The SMILES string of the molecule is O=C(Nc1nccs1)[C@@H]1[C@@H]2C[C@@H]3[C@H]1C(=O)O[C@@H]3C2. The summed E-state index contributed by atoms with van der Waals surface area (Å²) in [7, 11) is 0. The lowest BCUT2D eigenvalue weighted by Crippen LogP contribution is -2.35. The van der Waals surface area contributed by atoms with E-state index in [-0.39, 0.29) is 35.7 Å². The first-order valence-electron chi connectivity index (χ1n) is 6.15. The number of nitrogens with zero attached hydrogens (tertiary/aromatic N) is 1. The first kappa shape index (κ1) is 10.5. The molecule has 3 fully saturated rings. The molecule has 1 saturated heterocycles. The summed E-state index contributed by atoms with van der Waals surface area (Å²) in [5.74, 6) is -0.103.